The molecule has 3 rings (SSSR count). The van der Waals surface area contributed by atoms with Crippen LogP contribution in [0.1, 0.15) is 33.9 Å². The lowest BCUT2D eigenvalue weighted by Gasteiger charge is -2.13. The first kappa shape index (κ1) is 17.1. The first-order valence-corrected chi connectivity index (χ1v) is 8.79. The van der Waals surface area contributed by atoms with Crippen LogP contribution in [-0.2, 0) is 9.53 Å². The molecule has 0 aliphatic heterocycles. The molecule has 0 fully saturated rings. The monoisotopic (exact) mass is 354 g/mol. The molecule has 25 heavy (non-hydrogen) atoms. The Labute approximate surface area is 149 Å². The zero-order chi connectivity index (χ0) is 17.8. The summed E-state index contributed by atoms with van der Waals surface area (Å²) >= 11 is 1.57. The SMILES string of the molecule is Cc1cc(C(=O)OCC(=O)N[C@H](C)c2cccs2)c2ccccc2n1. The average Bonchev–Trinajstić information content (AvgIpc) is 3.13. The zero-order valence-corrected chi connectivity index (χ0v) is 14.8. The molecule has 0 radical (unpaired) electrons. The van der Waals surface area contributed by atoms with Crippen LogP contribution >= 0.6 is 11.3 Å². The molecule has 2 heterocycles. The molecule has 0 unspecified atom stereocenters. The van der Waals surface area contributed by atoms with E-state index >= 15 is 0 Å². The topological polar surface area (TPSA) is 68.3 Å². The van der Waals surface area contributed by atoms with E-state index in [4.69, 9.17) is 4.74 Å². The number of carbonyl (C=O) groups is 2. The summed E-state index contributed by atoms with van der Waals surface area (Å²) in [4.78, 5) is 29.9. The second kappa shape index (κ2) is 7.44. The van der Waals surface area contributed by atoms with Crippen molar-refractivity contribution < 1.29 is 14.3 Å². The highest BCUT2D eigenvalue weighted by atomic mass is 32.1. The van der Waals surface area contributed by atoms with Gasteiger partial charge in [0.2, 0.25) is 0 Å². The number of thiophene rings is 1. The predicted molar refractivity (Wildman–Crippen MR) is 97.6 cm³/mol. The normalized spacial score (nSPS) is 11.9. The van der Waals surface area contributed by atoms with Crippen molar-refractivity contribution in [2.45, 2.75) is 19.9 Å². The van der Waals surface area contributed by atoms with E-state index < -0.39 is 5.97 Å². The molecule has 2 aromatic heterocycles. The van der Waals surface area contributed by atoms with Crippen molar-refractivity contribution in [2.24, 2.45) is 0 Å². The van der Waals surface area contributed by atoms with E-state index in [1.807, 2.05) is 55.6 Å². The average molecular weight is 354 g/mol. The maximum atomic E-state index is 12.4. The van der Waals surface area contributed by atoms with E-state index in [1.54, 1.807) is 17.4 Å². The highest BCUT2D eigenvalue weighted by molar-refractivity contribution is 7.10. The number of esters is 1. The van der Waals surface area contributed by atoms with Gasteiger partial charge in [-0.05, 0) is 37.4 Å². The van der Waals surface area contributed by atoms with Gasteiger partial charge in [-0.1, -0.05) is 24.3 Å². The third-order valence-corrected chi connectivity index (χ3v) is 4.80. The molecule has 0 aliphatic carbocycles. The predicted octanol–water partition coefficient (Wildman–Crippen LogP) is 3.64. The van der Waals surface area contributed by atoms with Gasteiger partial charge < -0.3 is 10.1 Å². The minimum atomic E-state index is -0.527. The van der Waals surface area contributed by atoms with Crippen molar-refractivity contribution in [1.82, 2.24) is 10.3 Å². The number of carbonyl (C=O) groups excluding carboxylic acids is 2. The lowest BCUT2D eigenvalue weighted by atomic mass is 10.1. The summed E-state index contributed by atoms with van der Waals surface area (Å²) in [6, 6.07) is 12.8. The van der Waals surface area contributed by atoms with Crippen LogP contribution in [0.5, 0.6) is 0 Å². The number of aromatic nitrogens is 1. The fourth-order valence-corrected chi connectivity index (χ4v) is 3.31. The van der Waals surface area contributed by atoms with E-state index in [1.165, 1.54) is 0 Å². The molecule has 0 aliphatic rings. The molecule has 3 aromatic rings. The number of benzene rings is 1. The van der Waals surface area contributed by atoms with Crippen LogP contribution in [0.25, 0.3) is 10.9 Å². The number of amides is 1. The molecule has 5 nitrogen and oxygen atoms in total. The second-order valence-electron chi connectivity index (χ2n) is 5.71. The van der Waals surface area contributed by atoms with Crippen molar-refractivity contribution in [1.29, 1.82) is 0 Å². The van der Waals surface area contributed by atoms with Gasteiger partial charge in [0.1, 0.15) is 0 Å². The number of rotatable bonds is 5. The summed E-state index contributed by atoms with van der Waals surface area (Å²) in [5, 5.41) is 5.49. The zero-order valence-electron chi connectivity index (χ0n) is 14.0. The van der Waals surface area contributed by atoms with E-state index in [2.05, 4.69) is 10.3 Å². The minimum absolute atomic E-state index is 0.116. The number of para-hydroxylation sites is 1. The third kappa shape index (κ3) is 4.03. The number of hydrogen-bond donors (Lipinski definition) is 1. The van der Waals surface area contributed by atoms with E-state index in [9.17, 15) is 9.59 Å². The van der Waals surface area contributed by atoms with Crippen LogP contribution in [0.2, 0.25) is 0 Å². The molecule has 1 atom stereocenters. The first-order chi connectivity index (χ1) is 12.0. The molecule has 0 saturated heterocycles. The van der Waals surface area contributed by atoms with Gasteiger partial charge in [-0.15, -0.1) is 11.3 Å². The minimum Gasteiger partial charge on any atom is -0.452 e. The molecule has 1 aromatic carbocycles. The molecule has 1 amide bonds. The van der Waals surface area contributed by atoms with E-state index in [0.29, 0.717) is 10.9 Å². The van der Waals surface area contributed by atoms with Gasteiger partial charge in [0.15, 0.2) is 6.61 Å². The number of aryl methyl sites for hydroxylation is 1. The summed E-state index contributed by atoms with van der Waals surface area (Å²) < 4.78 is 5.20. The lowest BCUT2D eigenvalue weighted by Crippen LogP contribution is -2.30. The van der Waals surface area contributed by atoms with E-state index in [0.717, 1.165) is 16.1 Å². The molecule has 0 saturated carbocycles. The smallest absolute Gasteiger partial charge is 0.339 e. The van der Waals surface area contributed by atoms with Crippen molar-refractivity contribution in [3.8, 4) is 0 Å². The highest BCUT2D eigenvalue weighted by Gasteiger charge is 2.16. The van der Waals surface area contributed by atoms with Crippen molar-refractivity contribution >= 4 is 34.1 Å². The number of nitrogens with one attached hydrogen (secondary N) is 1. The van der Waals surface area contributed by atoms with Crippen molar-refractivity contribution in [3.05, 3.63) is 64.0 Å². The van der Waals surface area contributed by atoms with Gasteiger partial charge in [0.25, 0.3) is 5.91 Å². The molecule has 6 heteroatoms. The van der Waals surface area contributed by atoms with Crippen molar-refractivity contribution in [2.75, 3.05) is 6.61 Å². The summed E-state index contributed by atoms with van der Waals surface area (Å²) in [7, 11) is 0. The number of nitrogens with zero attached hydrogens (tertiary/aromatic N) is 1. The Kier molecular flexibility index (Phi) is 5.09. The Balaban J connectivity index is 1.66. The van der Waals surface area contributed by atoms with Crippen LogP contribution in [0.4, 0.5) is 0 Å². The fraction of sp³-hybridized carbons (Fsp3) is 0.211. The first-order valence-electron chi connectivity index (χ1n) is 7.91. The Hall–Kier alpha value is -2.73. The largest absolute Gasteiger partial charge is 0.452 e. The highest BCUT2D eigenvalue weighted by Crippen LogP contribution is 2.20. The number of ether oxygens (including phenoxy) is 1. The number of hydrogen-bond acceptors (Lipinski definition) is 5. The Morgan fingerprint density at radius 3 is 2.80 bits per heavy atom. The van der Waals surface area contributed by atoms with Gasteiger partial charge >= 0.3 is 5.97 Å². The standard InChI is InChI=1S/C19H18N2O3S/c1-12-10-15(14-6-3-4-7-16(14)20-12)19(23)24-11-18(22)21-13(2)17-8-5-9-25-17/h3-10,13H,11H2,1-2H3,(H,21,22)/t13-/m1/s1. The Morgan fingerprint density at radius 1 is 1.24 bits per heavy atom. The lowest BCUT2D eigenvalue weighted by molar-refractivity contribution is -0.124. The van der Waals surface area contributed by atoms with Gasteiger partial charge in [-0.2, -0.15) is 0 Å². The van der Waals surface area contributed by atoms with Crippen LogP contribution < -0.4 is 5.32 Å². The summed E-state index contributed by atoms with van der Waals surface area (Å²) in [5.74, 6) is -0.857. The molecule has 0 bridgehead atoms. The number of fused-ring (bicyclic) bond motifs is 1. The summed E-state index contributed by atoms with van der Waals surface area (Å²) in [6.45, 7) is 3.40. The quantitative estimate of drug-likeness (QED) is 0.710. The summed E-state index contributed by atoms with van der Waals surface area (Å²) in [5.41, 5.74) is 1.87. The van der Waals surface area contributed by atoms with Gasteiger partial charge in [-0.3, -0.25) is 9.78 Å². The molecule has 1 N–H and O–H groups in total. The summed E-state index contributed by atoms with van der Waals surface area (Å²) in [6.07, 6.45) is 0. The Morgan fingerprint density at radius 2 is 2.04 bits per heavy atom. The van der Waals surface area contributed by atoms with Crippen molar-refractivity contribution in [3.63, 3.8) is 0 Å². The maximum Gasteiger partial charge on any atom is 0.339 e. The maximum absolute atomic E-state index is 12.4. The van der Waals surface area contributed by atoms with Gasteiger partial charge in [-0.25, -0.2) is 4.79 Å². The molecular formula is C19H18N2O3S. The second-order valence-corrected chi connectivity index (χ2v) is 6.69. The third-order valence-electron chi connectivity index (χ3n) is 3.75. The number of pyridine rings is 1. The van der Waals surface area contributed by atoms with Gasteiger partial charge in [0, 0.05) is 16.0 Å². The van der Waals surface area contributed by atoms with E-state index in [-0.39, 0.29) is 18.6 Å². The Bertz CT molecular complexity index is 906. The molecule has 128 valence electrons. The molecular weight excluding hydrogens is 336 g/mol. The van der Waals surface area contributed by atoms with Crippen LogP contribution in [-0.4, -0.2) is 23.5 Å². The molecule has 0 spiro atoms. The van der Waals surface area contributed by atoms with Crippen LogP contribution in [0.15, 0.2) is 47.8 Å². The van der Waals surface area contributed by atoms with Crippen LogP contribution in [0.3, 0.4) is 0 Å². The van der Waals surface area contributed by atoms with Crippen LogP contribution in [0, 0.1) is 6.92 Å². The van der Waals surface area contributed by atoms with Gasteiger partial charge in [0.05, 0.1) is 17.1 Å². The fourth-order valence-electron chi connectivity index (χ4n) is 2.58.